The summed E-state index contributed by atoms with van der Waals surface area (Å²) in [6.45, 7) is 1.43. The van der Waals surface area contributed by atoms with Crippen LogP contribution in [-0.2, 0) is 4.79 Å². The van der Waals surface area contributed by atoms with Gasteiger partial charge in [0.1, 0.15) is 0 Å². The Kier molecular flexibility index (Phi) is 3.41. The largest absolute Gasteiger partial charge is 0.318 e. The molecule has 3 rings (SSSR count). The minimum atomic E-state index is -0.256. The molecule has 0 saturated heterocycles. The molecule has 0 spiro atoms. The molecule has 7 heteroatoms. The van der Waals surface area contributed by atoms with E-state index >= 15 is 0 Å². The molecular weight excluding hydrogens is 288 g/mol. The Morgan fingerprint density at radius 1 is 1.14 bits per heavy atom. The minimum Gasteiger partial charge on any atom is -0.318 e. The topological polar surface area (TPSA) is 86.9 Å². The molecule has 106 valence electrons. The molecule has 0 fully saturated rings. The summed E-state index contributed by atoms with van der Waals surface area (Å²) < 4.78 is 0. The third-order valence-electron chi connectivity index (χ3n) is 2.83. The fourth-order valence-electron chi connectivity index (χ4n) is 1.93. The van der Waals surface area contributed by atoms with Gasteiger partial charge in [-0.1, -0.05) is 12.1 Å². The van der Waals surface area contributed by atoms with Crippen LogP contribution in [0.4, 0.5) is 10.8 Å². The van der Waals surface area contributed by atoms with Crippen LogP contribution >= 0.6 is 11.3 Å². The number of nitrogens with zero attached hydrogens (tertiary/aromatic N) is 1. The lowest BCUT2D eigenvalue weighted by atomic mass is 10.2. The summed E-state index contributed by atoms with van der Waals surface area (Å²) >= 11 is 1.21. The maximum absolute atomic E-state index is 12.2. The number of thiophene rings is 1. The molecule has 0 aliphatic rings. The fraction of sp³-hybridized carbons (Fsp3) is 0.0714. The maximum Gasteiger partial charge on any atom is 0.267 e. The van der Waals surface area contributed by atoms with Crippen LogP contribution in [0.5, 0.6) is 0 Å². The Hall–Kier alpha value is -2.67. The van der Waals surface area contributed by atoms with Crippen LogP contribution in [0.1, 0.15) is 16.6 Å². The van der Waals surface area contributed by atoms with Crippen LogP contribution in [0.15, 0.2) is 36.4 Å². The van der Waals surface area contributed by atoms with Gasteiger partial charge in [-0.25, -0.2) is 0 Å². The molecule has 0 radical (unpaired) electrons. The number of benzene rings is 1. The smallest absolute Gasteiger partial charge is 0.267 e. The Morgan fingerprint density at radius 2 is 1.95 bits per heavy atom. The van der Waals surface area contributed by atoms with E-state index in [4.69, 9.17) is 0 Å². The maximum atomic E-state index is 12.2. The minimum absolute atomic E-state index is 0.165. The van der Waals surface area contributed by atoms with Crippen LogP contribution < -0.4 is 10.6 Å². The molecule has 2 heterocycles. The molecule has 2 aromatic heterocycles. The van der Waals surface area contributed by atoms with Gasteiger partial charge in [0.2, 0.25) is 5.91 Å². The standard InChI is InChI=1S/C14H12N4O2S/c1-8(19)15-12-7-6-11(21-12)14(20)16-13-9-4-2-3-5-10(9)17-18-13/h2-7H,1H3,(H,15,19)(H2,16,17,18,20). The first-order valence-corrected chi connectivity index (χ1v) is 7.07. The van der Waals surface area contributed by atoms with Gasteiger partial charge in [-0.05, 0) is 24.3 Å². The fourth-order valence-corrected chi connectivity index (χ4v) is 2.78. The Balaban J connectivity index is 1.80. The van der Waals surface area contributed by atoms with Crippen molar-refractivity contribution in [3.8, 4) is 0 Å². The average Bonchev–Trinajstić information content (AvgIpc) is 3.06. The van der Waals surface area contributed by atoms with E-state index in [2.05, 4.69) is 20.8 Å². The molecule has 0 saturated carbocycles. The second-order valence-electron chi connectivity index (χ2n) is 4.42. The van der Waals surface area contributed by atoms with Gasteiger partial charge in [0.15, 0.2) is 5.82 Å². The number of carbonyl (C=O) groups is 2. The summed E-state index contributed by atoms with van der Waals surface area (Å²) in [7, 11) is 0. The Labute approximate surface area is 124 Å². The van der Waals surface area contributed by atoms with E-state index < -0.39 is 0 Å². The van der Waals surface area contributed by atoms with E-state index in [9.17, 15) is 9.59 Å². The second-order valence-corrected chi connectivity index (χ2v) is 5.50. The summed E-state index contributed by atoms with van der Waals surface area (Å²) in [5, 5.41) is 13.9. The number of carbonyl (C=O) groups excluding carboxylic acids is 2. The number of H-pyrrole nitrogens is 1. The predicted octanol–water partition coefficient (Wildman–Crippen LogP) is 2.84. The number of fused-ring (bicyclic) bond motifs is 1. The highest BCUT2D eigenvalue weighted by atomic mass is 32.1. The van der Waals surface area contributed by atoms with Gasteiger partial charge in [-0.15, -0.1) is 11.3 Å². The number of amides is 2. The predicted molar refractivity (Wildman–Crippen MR) is 82.7 cm³/mol. The van der Waals surface area contributed by atoms with Crippen molar-refractivity contribution in [3.05, 3.63) is 41.3 Å². The number of aromatic amines is 1. The van der Waals surface area contributed by atoms with Crippen molar-refractivity contribution in [1.82, 2.24) is 10.2 Å². The molecule has 3 aromatic rings. The number of rotatable bonds is 3. The number of anilines is 2. The lowest BCUT2D eigenvalue weighted by Gasteiger charge is -2.00. The van der Waals surface area contributed by atoms with Gasteiger partial charge < -0.3 is 10.6 Å². The van der Waals surface area contributed by atoms with Gasteiger partial charge in [0.25, 0.3) is 5.91 Å². The highest BCUT2D eigenvalue weighted by molar-refractivity contribution is 7.18. The molecular formula is C14H12N4O2S. The van der Waals surface area contributed by atoms with Crippen LogP contribution in [0.2, 0.25) is 0 Å². The van der Waals surface area contributed by atoms with Gasteiger partial charge in [-0.3, -0.25) is 14.7 Å². The van der Waals surface area contributed by atoms with Crippen molar-refractivity contribution < 1.29 is 9.59 Å². The zero-order chi connectivity index (χ0) is 14.8. The molecule has 21 heavy (non-hydrogen) atoms. The first-order valence-electron chi connectivity index (χ1n) is 6.25. The number of hydrogen-bond acceptors (Lipinski definition) is 4. The first-order chi connectivity index (χ1) is 10.1. The zero-order valence-electron chi connectivity index (χ0n) is 11.1. The van der Waals surface area contributed by atoms with E-state index in [1.54, 1.807) is 12.1 Å². The SMILES string of the molecule is CC(=O)Nc1ccc(C(=O)Nc2n[nH]c3ccccc23)s1. The summed E-state index contributed by atoms with van der Waals surface area (Å²) in [4.78, 5) is 23.7. The third kappa shape index (κ3) is 2.77. The van der Waals surface area contributed by atoms with Gasteiger partial charge in [0, 0.05) is 12.3 Å². The molecule has 0 atom stereocenters. The van der Waals surface area contributed by atoms with E-state index in [0.29, 0.717) is 15.7 Å². The molecule has 2 amide bonds. The van der Waals surface area contributed by atoms with Gasteiger partial charge in [-0.2, -0.15) is 5.10 Å². The van der Waals surface area contributed by atoms with Crippen molar-refractivity contribution in [2.45, 2.75) is 6.92 Å². The molecule has 3 N–H and O–H groups in total. The number of para-hydroxylation sites is 1. The van der Waals surface area contributed by atoms with E-state index in [0.717, 1.165) is 10.9 Å². The Bertz CT molecular complexity index is 821. The van der Waals surface area contributed by atoms with Crippen LogP contribution in [0.25, 0.3) is 10.9 Å². The quantitative estimate of drug-likeness (QED) is 0.695. The molecule has 0 bridgehead atoms. The van der Waals surface area contributed by atoms with Gasteiger partial charge >= 0.3 is 0 Å². The van der Waals surface area contributed by atoms with E-state index in [1.165, 1.54) is 18.3 Å². The summed E-state index contributed by atoms with van der Waals surface area (Å²) in [5.41, 5.74) is 0.859. The van der Waals surface area contributed by atoms with Crippen molar-refractivity contribution in [2.75, 3.05) is 10.6 Å². The van der Waals surface area contributed by atoms with Crippen LogP contribution in [0.3, 0.4) is 0 Å². The monoisotopic (exact) mass is 300 g/mol. The molecule has 6 nitrogen and oxygen atoms in total. The van der Waals surface area contributed by atoms with Crippen LogP contribution in [0, 0.1) is 0 Å². The van der Waals surface area contributed by atoms with Crippen molar-refractivity contribution in [3.63, 3.8) is 0 Å². The number of aromatic nitrogens is 2. The second kappa shape index (κ2) is 5.37. The lowest BCUT2D eigenvalue weighted by Crippen LogP contribution is -2.10. The zero-order valence-corrected chi connectivity index (χ0v) is 12.0. The number of hydrogen-bond donors (Lipinski definition) is 3. The van der Waals surface area contributed by atoms with Crippen molar-refractivity contribution in [2.24, 2.45) is 0 Å². The van der Waals surface area contributed by atoms with Crippen molar-refractivity contribution in [1.29, 1.82) is 0 Å². The molecule has 0 aliphatic carbocycles. The summed E-state index contributed by atoms with van der Waals surface area (Å²) in [6.07, 6.45) is 0. The normalized spacial score (nSPS) is 10.5. The molecule has 0 aliphatic heterocycles. The summed E-state index contributed by atoms with van der Waals surface area (Å²) in [6, 6.07) is 10.9. The van der Waals surface area contributed by atoms with Crippen LogP contribution in [-0.4, -0.2) is 22.0 Å². The summed E-state index contributed by atoms with van der Waals surface area (Å²) in [5.74, 6) is 0.0704. The van der Waals surface area contributed by atoms with E-state index in [-0.39, 0.29) is 11.8 Å². The number of nitrogens with one attached hydrogen (secondary N) is 3. The third-order valence-corrected chi connectivity index (χ3v) is 3.83. The van der Waals surface area contributed by atoms with Gasteiger partial charge in [0.05, 0.1) is 15.4 Å². The molecule has 0 unspecified atom stereocenters. The van der Waals surface area contributed by atoms with E-state index in [1.807, 2.05) is 24.3 Å². The Morgan fingerprint density at radius 3 is 2.76 bits per heavy atom. The highest BCUT2D eigenvalue weighted by Crippen LogP contribution is 2.24. The molecule has 1 aromatic carbocycles. The van der Waals surface area contributed by atoms with Crippen molar-refractivity contribution >= 4 is 44.9 Å². The lowest BCUT2D eigenvalue weighted by molar-refractivity contribution is -0.114. The average molecular weight is 300 g/mol. The highest BCUT2D eigenvalue weighted by Gasteiger charge is 2.13. The first kappa shape index (κ1) is 13.3.